The summed E-state index contributed by atoms with van der Waals surface area (Å²) >= 11 is 0. The van der Waals surface area contributed by atoms with Crippen molar-refractivity contribution in [3.63, 3.8) is 0 Å². The lowest BCUT2D eigenvalue weighted by Gasteiger charge is -2.31. The number of ether oxygens (including phenoxy) is 1. The molecule has 0 aliphatic carbocycles. The summed E-state index contributed by atoms with van der Waals surface area (Å²) in [5.74, 6) is -1.15. The fourth-order valence-electron chi connectivity index (χ4n) is 1.73. The van der Waals surface area contributed by atoms with Gasteiger partial charge in [-0.25, -0.2) is 0 Å². The van der Waals surface area contributed by atoms with E-state index >= 15 is 0 Å². The third kappa shape index (κ3) is 4.62. The predicted molar refractivity (Wildman–Crippen MR) is 68.4 cm³/mol. The van der Waals surface area contributed by atoms with E-state index in [0.29, 0.717) is 26.0 Å². The number of nitrogens with one attached hydrogen (secondary N) is 2. The fraction of sp³-hybridized carbons (Fsp3) is 0.833. The minimum Gasteiger partial charge on any atom is -0.480 e. The molecule has 6 heteroatoms. The van der Waals surface area contributed by atoms with Crippen LogP contribution in [0.25, 0.3) is 0 Å². The molecule has 0 radical (unpaired) electrons. The number of carboxylic acid groups (broad SMARTS) is 1. The maximum atomic E-state index is 11.7. The molecule has 0 saturated carbocycles. The van der Waals surface area contributed by atoms with Gasteiger partial charge in [-0.2, -0.15) is 0 Å². The van der Waals surface area contributed by atoms with Crippen LogP contribution in [-0.2, 0) is 14.3 Å². The molecule has 0 aromatic carbocycles. The summed E-state index contributed by atoms with van der Waals surface area (Å²) in [7, 11) is 1.55. The van der Waals surface area contributed by atoms with E-state index < -0.39 is 17.6 Å². The molecule has 106 valence electrons. The number of amides is 1. The molecule has 0 rings (SSSR count). The summed E-state index contributed by atoms with van der Waals surface area (Å²) in [6.45, 7) is 6.09. The van der Waals surface area contributed by atoms with Gasteiger partial charge in [-0.15, -0.1) is 0 Å². The number of hydrogen-bond acceptors (Lipinski definition) is 4. The Balaban J connectivity index is 4.46. The highest BCUT2D eigenvalue weighted by Crippen LogP contribution is 2.16. The van der Waals surface area contributed by atoms with Crippen molar-refractivity contribution in [2.75, 3.05) is 20.3 Å². The number of rotatable bonds is 9. The molecule has 0 saturated heterocycles. The van der Waals surface area contributed by atoms with Gasteiger partial charge < -0.3 is 15.2 Å². The van der Waals surface area contributed by atoms with E-state index in [2.05, 4.69) is 10.6 Å². The van der Waals surface area contributed by atoms with Crippen LogP contribution in [0.15, 0.2) is 0 Å². The minimum atomic E-state index is -1.04. The molecule has 18 heavy (non-hydrogen) atoms. The van der Waals surface area contributed by atoms with Gasteiger partial charge in [-0.05, 0) is 19.8 Å². The summed E-state index contributed by atoms with van der Waals surface area (Å²) in [6, 6.07) is -0.558. The van der Waals surface area contributed by atoms with Gasteiger partial charge in [-0.3, -0.25) is 14.9 Å². The monoisotopic (exact) mass is 260 g/mol. The van der Waals surface area contributed by atoms with Crippen molar-refractivity contribution >= 4 is 11.9 Å². The van der Waals surface area contributed by atoms with Crippen LogP contribution in [0.3, 0.4) is 0 Å². The lowest BCUT2D eigenvalue weighted by molar-refractivity contribution is -0.146. The van der Waals surface area contributed by atoms with Gasteiger partial charge in [0.15, 0.2) is 0 Å². The van der Waals surface area contributed by atoms with Crippen molar-refractivity contribution < 1.29 is 19.4 Å². The number of hydrogen-bond donors (Lipinski definition) is 3. The van der Waals surface area contributed by atoms with Gasteiger partial charge >= 0.3 is 5.97 Å². The molecular formula is C12H24N2O4. The standard InChI is InChI=1S/C12H24N2O4/c1-5-12(6-2,11(16)17)14-9(3)10(15)13-7-8-18-4/h9,14H,5-8H2,1-4H3,(H,13,15)(H,16,17). The molecule has 6 nitrogen and oxygen atoms in total. The quantitative estimate of drug-likeness (QED) is 0.521. The van der Waals surface area contributed by atoms with Crippen LogP contribution in [0.5, 0.6) is 0 Å². The zero-order valence-electron chi connectivity index (χ0n) is 11.6. The van der Waals surface area contributed by atoms with E-state index in [1.807, 2.05) is 0 Å². The third-order valence-corrected chi connectivity index (χ3v) is 3.11. The van der Waals surface area contributed by atoms with Crippen LogP contribution in [0.1, 0.15) is 33.6 Å². The van der Waals surface area contributed by atoms with Crippen molar-refractivity contribution in [1.82, 2.24) is 10.6 Å². The maximum Gasteiger partial charge on any atom is 0.323 e. The Morgan fingerprint density at radius 3 is 2.28 bits per heavy atom. The topological polar surface area (TPSA) is 87.7 Å². The van der Waals surface area contributed by atoms with Crippen molar-refractivity contribution in [3.05, 3.63) is 0 Å². The first-order valence-corrected chi connectivity index (χ1v) is 6.21. The first-order chi connectivity index (χ1) is 8.43. The Hall–Kier alpha value is -1.14. The SMILES string of the molecule is CCC(CC)(NC(C)C(=O)NCCOC)C(=O)O. The van der Waals surface area contributed by atoms with Gasteiger partial charge in [0.25, 0.3) is 0 Å². The molecule has 0 aromatic rings. The molecule has 0 aromatic heterocycles. The van der Waals surface area contributed by atoms with E-state index in [4.69, 9.17) is 4.74 Å². The summed E-state index contributed by atoms with van der Waals surface area (Å²) in [6.07, 6.45) is 0.850. The molecule has 0 aliphatic rings. The molecular weight excluding hydrogens is 236 g/mol. The van der Waals surface area contributed by atoms with Crippen LogP contribution in [0, 0.1) is 0 Å². The van der Waals surface area contributed by atoms with Crippen LogP contribution in [0.4, 0.5) is 0 Å². The van der Waals surface area contributed by atoms with Crippen molar-refractivity contribution in [3.8, 4) is 0 Å². The number of carbonyl (C=O) groups excluding carboxylic acids is 1. The summed E-state index contributed by atoms with van der Waals surface area (Å²) in [5, 5.41) is 14.8. The van der Waals surface area contributed by atoms with Crippen LogP contribution in [-0.4, -0.2) is 48.8 Å². The lowest BCUT2D eigenvalue weighted by atomic mass is 9.92. The molecule has 0 fully saturated rings. The van der Waals surface area contributed by atoms with E-state index in [-0.39, 0.29) is 5.91 Å². The molecule has 1 atom stereocenters. The number of methoxy groups -OCH3 is 1. The van der Waals surface area contributed by atoms with E-state index in [1.165, 1.54) is 0 Å². The predicted octanol–water partition coefficient (Wildman–Crippen LogP) is 0.371. The zero-order chi connectivity index (χ0) is 14.2. The number of carboxylic acids is 1. The van der Waals surface area contributed by atoms with Crippen LogP contribution >= 0.6 is 0 Å². The van der Waals surface area contributed by atoms with Gasteiger partial charge in [0.1, 0.15) is 5.54 Å². The van der Waals surface area contributed by atoms with Crippen molar-refractivity contribution in [2.24, 2.45) is 0 Å². The highest BCUT2D eigenvalue weighted by molar-refractivity contribution is 5.84. The smallest absolute Gasteiger partial charge is 0.323 e. The highest BCUT2D eigenvalue weighted by atomic mass is 16.5. The zero-order valence-corrected chi connectivity index (χ0v) is 11.6. The lowest BCUT2D eigenvalue weighted by Crippen LogP contribution is -2.58. The minimum absolute atomic E-state index is 0.223. The largest absolute Gasteiger partial charge is 0.480 e. The second-order valence-electron chi connectivity index (χ2n) is 4.24. The van der Waals surface area contributed by atoms with Crippen molar-refractivity contribution in [2.45, 2.75) is 45.2 Å². The Morgan fingerprint density at radius 2 is 1.89 bits per heavy atom. The van der Waals surface area contributed by atoms with E-state index in [9.17, 15) is 14.7 Å². The first-order valence-electron chi connectivity index (χ1n) is 6.21. The molecule has 3 N–H and O–H groups in total. The third-order valence-electron chi connectivity index (χ3n) is 3.11. The molecule has 1 unspecified atom stereocenters. The molecule has 0 bridgehead atoms. The van der Waals surface area contributed by atoms with Gasteiger partial charge in [0.05, 0.1) is 12.6 Å². The van der Waals surface area contributed by atoms with Gasteiger partial charge in [0, 0.05) is 13.7 Å². The average molecular weight is 260 g/mol. The van der Waals surface area contributed by atoms with Crippen LogP contribution in [0.2, 0.25) is 0 Å². The highest BCUT2D eigenvalue weighted by Gasteiger charge is 2.37. The number of aliphatic carboxylic acids is 1. The molecule has 0 spiro atoms. The summed E-state index contributed by atoms with van der Waals surface area (Å²) in [5.41, 5.74) is -1.04. The average Bonchev–Trinajstić information content (AvgIpc) is 2.35. The summed E-state index contributed by atoms with van der Waals surface area (Å²) < 4.78 is 4.82. The summed E-state index contributed by atoms with van der Waals surface area (Å²) in [4.78, 5) is 23.0. The van der Waals surface area contributed by atoms with Crippen LogP contribution < -0.4 is 10.6 Å². The second kappa shape index (κ2) is 8.05. The van der Waals surface area contributed by atoms with Gasteiger partial charge in [-0.1, -0.05) is 13.8 Å². The molecule has 0 aliphatic heterocycles. The van der Waals surface area contributed by atoms with Crippen molar-refractivity contribution in [1.29, 1.82) is 0 Å². The normalized spacial score (nSPS) is 13.1. The van der Waals surface area contributed by atoms with E-state index in [1.54, 1.807) is 27.9 Å². The maximum absolute atomic E-state index is 11.7. The van der Waals surface area contributed by atoms with E-state index in [0.717, 1.165) is 0 Å². The second-order valence-corrected chi connectivity index (χ2v) is 4.24. The fourth-order valence-corrected chi connectivity index (χ4v) is 1.73. The first kappa shape index (κ1) is 16.9. The number of carbonyl (C=O) groups is 2. The van der Waals surface area contributed by atoms with Gasteiger partial charge in [0.2, 0.25) is 5.91 Å². The Labute approximate surface area is 108 Å². The Morgan fingerprint density at radius 1 is 1.33 bits per heavy atom. The Bertz CT molecular complexity index is 277. The Kier molecular flexibility index (Phi) is 7.54. The molecule has 0 heterocycles. The molecule has 1 amide bonds.